The standard InChI is InChI=1S/C13H24N2O3/c1-10(2)4-3-7-14-13(18)15(9-12(16)17)8-11-5-6-11/h10-11H,3-9H2,1-2H3,(H,14,18)(H,16,17). The topological polar surface area (TPSA) is 69.6 Å². The first-order valence-corrected chi connectivity index (χ1v) is 6.73. The molecule has 0 saturated heterocycles. The number of carbonyl (C=O) groups is 2. The van der Waals surface area contributed by atoms with Crippen LogP contribution in [0.2, 0.25) is 0 Å². The molecule has 1 aliphatic rings. The van der Waals surface area contributed by atoms with Crippen molar-refractivity contribution in [3.63, 3.8) is 0 Å². The van der Waals surface area contributed by atoms with Crippen molar-refractivity contribution in [2.75, 3.05) is 19.6 Å². The summed E-state index contributed by atoms with van der Waals surface area (Å²) in [5.41, 5.74) is 0. The minimum Gasteiger partial charge on any atom is -0.480 e. The average molecular weight is 256 g/mol. The number of hydrogen-bond acceptors (Lipinski definition) is 2. The summed E-state index contributed by atoms with van der Waals surface area (Å²) >= 11 is 0. The van der Waals surface area contributed by atoms with E-state index in [4.69, 9.17) is 5.11 Å². The Bertz CT molecular complexity index is 288. The van der Waals surface area contributed by atoms with E-state index in [1.165, 1.54) is 4.90 Å². The number of aliphatic carboxylic acids is 1. The highest BCUT2D eigenvalue weighted by molar-refractivity contribution is 5.80. The van der Waals surface area contributed by atoms with Gasteiger partial charge in [-0.15, -0.1) is 0 Å². The summed E-state index contributed by atoms with van der Waals surface area (Å²) < 4.78 is 0. The minimum absolute atomic E-state index is 0.202. The quantitative estimate of drug-likeness (QED) is 0.652. The highest BCUT2D eigenvalue weighted by atomic mass is 16.4. The first-order valence-electron chi connectivity index (χ1n) is 6.73. The average Bonchev–Trinajstić information content (AvgIpc) is 3.06. The largest absolute Gasteiger partial charge is 0.480 e. The summed E-state index contributed by atoms with van der Waals surface area (Å²) in [7, 11) is 0. The number of rotatable bonds is 8. The predicted molar refractivity (Wildman–Crippen MR) is 69.4 cm³/mol. The van der Waals surface area contributed by atoms with Crippen molar-refractivity contribution in [3.8, 4) is 0 Å². The predicted octanol–water partition coefficient (Wildman–Crippen LogP) is 1.93. The molecule has 2 amide bonds. The monoisotopic (exact) mass is 256 g/mol. The molecule has 0 aromatic carbocycles. The summed E-state index contributed by atoms with van der Waals surface area (Å²) in [6.07, 6.45) is 4.23. The zero-order valence-corrected chi connectivity index (χ0v) is 11.3. The fourth-order valence-corrected chi connectivity index (χ4v) is 1.81. The third-order valence-corrected chi connectivity index (χ3v) is 3.02. The lowest BCUT2D eigenvalue weighted by Gasteiger charge is -2.21. The Morgan fingerprint density at radius 3 is 2.56 bits per heavy atom. The van der Waals surface area contributed by atoms with Crippen LogP contribution in [0.1, 0.15) is 39.5 Å². The molecule has 0 heterocycles. The van der Waals surface area contributed by atoms with Crippen molar-refractivity contribution >= 4 is 12.0 Å². The number of nitrogens with one attached hydrogen (secondary N) is 1. The number of carboxylic acid groups (broad SMARTS) is 1. The molecule has 1 fully saturated rings. The zero-order chi connectivity index (χ0) is 13.5. The van der Waals surface area contributed by atoms with Crippen LogP contribution in [0.5, 0.6) is 0 Å². The maximum atomic E-state index is 11.8. The number of amides is 2. The first kappa shape index (κ1) is 14.8. The van der Waals surface area contributed by atoms with Gasteiger partial charge in [-0.2, -0.15) is 0 Å². The lowest BCUT2D eigenvalue weighted by Crippen LogP contribution is -2.44. The lowest BCUT2D eigenvalue weighted by atomic mass is 10.1. The minimum atomic E-state index is -0.951. The van der Waals surface area contributed by atoms with E-state index in [-0.39, 0.29) is 12.6 Å². The van der Waals surface area contributed by atoms with E-state index in [2.05, 4.69) is 19.2 Å². The molecule has 1 saturated carbocycles. The first-order chi connectivity index (χ1) is 8.49. The maximum absolute atomic E-state index is 11.8. The highest BCUT2D eigenvalue weighted by Crippen LogP contribution is 2.29. The van der Waals surface area contributed by atoms with Gasteiger partial charge in [-0.05, 0) is 37.5 Å². The normalized spacial score (nSPS) is 14.6. The van der Waals surface area contributed by atoms with Crippen LogP contribution in [0, 0.1) is 11.8 Å². The van der Waals surface area contributed by atoms with Gasteiger partial charge < -0.3 is 15.3 Å². The Hall–Kier alpha value is -1.26. The second kappa shape index (κ2) is 7.24. The summed E-state index contributed by atoms with van der Waals surface area (Å²) in [6.45, 7) is 5.28. The van der Waals surface area contributed by atoms with E-state index >= 15 is 0 Å². The number of nitrogens with zero attached hydrogens (tertiary/aromatic N) is 1. The summed E-state index contributed by atoms with van der Waals surface area (Å²) in [5.74, 6) is 0.183. The molecule has 104 valence electrons. The van der Waals surface area contributed by atoms with Crippen LogP contribution in [0.4, 0.5) is 4.79 Å². The number of urea groups is 1. The van der Waals surface area contributed by atoms with Gasteiger partial charge in [0.1, 0.15) is 6.54 Å². The summed E-state index contributed by atoms with van der Waals surface area (Å²) in [6, 6.07) is -0.243. The van der Waals surface area contributed by atoms with Crippen LogP contribution < -0.4 is 5.32 Å². The van der Waals surface area contributed by atoms with Gasteiger partial charge in [0.25, 0.3) is 0 Å². The SMILES string of the molecule is CC(C)CCCNC(=O)N(CC(=O)O)CC1CC1. The van der Waals surface area contributed by atoms with Gasteiger partial charge in [0, 0.05) is 13.1 Å². The van der Waals surface area contributed by atoms with Crippen LogP contribution in [0.15, 0.2) is 0 Å². The Morgan fingerprint density at radius 2 is 2.06 bits per heavy atom. The third kappa shape index (κ3) is 6.47. The molecule has 0 aliphatic heterocycles. The van der Waals surface area contributed by atoms with Crippen LogP contribution in [0.25, 0.3) is 0 Å². The van der Waals surface area contributed by atoms with Crippen molar-refractivity contribution in [2.45, 2.75) is 39.5 Å². The Balaban J connectivity index is 2.26. The highest BCUT2D eigenvalue weighted by Gasteiger charge is 2.27. The van der Waals surface area contributed by atoms with E-state index in [9.17, 15) is 9.59 Å². The summed E-state index contributed by atoms with van der Waals surface area (Å²) in [5, 5.41) is 11.6. The molecule has 0 spiro atoms. The van der Waals surface area contributed by atoms with E-state index < -0.39 is 5.97 Å². The molecule has 0 unspecified atom stereocenters. The fraction of sp³-hybridized carbons (Fsp3) is 0.846. The van der Waals surface area contributed by atoms with E-state index in [0.717, 1.165) is 25.7 Å². The molecular formula is C13H24N2O3. The summed E-state index contributed by atoms with van der Waals surface area (Å²) in [4.78, 5) is 24.0. The second-order valence-electron chi connectivity index (χ2n) is 5.49. The Kier molecular flexibility index (Phi) is 5.95. The van der Waals surface area contributed by atoms with Gasteiger partial charge in [0.15, 0.2) is 0 Å². The van der Waals surface area contributed by atoms with Gasteiger partial charge in [-0.1, -0.05) is 13.8 Å². The van der Waals surface area contributed by atoms with Gasteiger partial charge >= 0.3 is 12.0 Å². The molecule has 0 aromatic rings. The van der Waals surface area contributed by atoms with Crippen LogP contribution in [-0.4, -0.2) is 41.6 Å². The van der Waals surface area contributed by atoms with Crippen molar-refractivity contribution in [1.29, 1.82) is 0 Å². The molecule has 0 atom stereocenters. The second-order valence-corrected chi connectivity index (χ2v) is 5.49. The fourth-order valence-electron chi connectivity index (χ4n) is 1.81. The number of carbonyl (C=O) groups excluding carboxylic acids is 1. The molecule has 18 heavy (non-hydrogen) atoms. The van der Waals surface area contributed by atoms with Crippen LogP contribution >= 0.6 is 0 Å². The van der Waals surface area contributed by atoms with Crippen molar-refractivity contribution < 1.29 is 14.7 Å². The molecule has 5 heteroatoms. The van der Waals surface area contributed by atoms with E-state index in [1.807, 2.05) is 0 Å². The van der Waals surface area contributed by atoms with Gasteiger partial charge in [0.2, 0.25) is 0 Å². The number of hydrogen-bond donors (Lipinski definition) is 2. The smallest absolute Gasteiger partial charge is 0.323 e. The van der Waals surface area contributed by atoms with Crippen molar-refractivity contribution in [2.24, 2.45) is 11.8 Å². The van der Waals surface area contributed by atoms with Gasteiger partial charge in [-0.25, -0.2) is 4.79 Å². The van der Waals surface area contributed by atoms with E-state index in [0.29, 0.717) is 24.9 Å². The molecular weight excluding hydrogens is 232 g/mol. The van der Waals surface area contributed by atoms with Gasteiger partial charge in [-0.3, -0.25) is 4.79 Å². The zero-order valence-electron chi connectivity index (χ0n) is 11.3. The lowest BCUT2D eigenvalue weighted by molar-refractivity contribution is -0.137. The Morgan fingerprint density at radius 1 is 1.39 bits per heavy atom. The Labute approximate surface area is 109 Å². The van der Waals surface area contributed by atoms with E-state index in [1.54, 1.807) is 0 Å². The van der Waals surface area contributed by atoms with Crippen LogP contribution in [-0.2, 0) is 4.79 Å². The van der Waals surface area contributed by atoms with Crippen molar-refractivity contribution in [3.05, 3.63) is 0 Å². The van der Waals surface area contributed by atoms with Crippen molar-refractivity contribution in [1.82, 2.24) is 10.2 Å². The molecule has 5 nitrogen and oxygen atoms in total. The molecule has 2 N–H and O–H groups in total. The number of carboxylic acids is 1. The molecule has 0 bridgehead atoms. The van der Waals surface area contributed by atoms with Gasteiger partial charge in [0.05, 0.1) is 0 Å². The molecule has 0 aromatic heterocycles. The maximum Gasteiger partial charge on any atom is 0.323 e. The molecule has 1 rings (SSSR count). The van der Waals surface area contributed by atoms with Crippen LogP contribution in [0.3, 0.4) is 0 Å². The molecule has 1 aliphatic carbocycles. The molecule has 0 radical (unpaired) electrons. The third-order valence-electron chi connectivity index (χ3n) is 3.02.